The fourth-order valence-corrected chi connectivity index (χ4v) is 3.96. The molecule has 0 fully saturated rings. The summed E-state index contributed by atoms with van der Waals surface area (Å²) in [6.45, 7) is 1.88. The molecule has 0 spiro atoms. The predicted octanol–water partition coefficient (Wildman–Crippen LogP) is 3.52. The Morgan fingerprint density at radius 3 is 2.04 bits per heavy atom. The lowest BCUT2D eigenvalue weighted by molar-refractivity contribution is -0.117. The minimum atomic E-state index is -3.84. The maximum absolute atomic E-state index is 12.8. The number of carbonyl (C=O) groups is 1. The highest BCUT2D eigenvalue weighted by molar-refractivity contribution is 7.89. The first-order chi connectivity index (χ1) is 13.4. The summed E-state index contributed by atoms with van der Waals surface area (Å²) >= 11 is 0. The van der Waals surface area contributed by atoms with Crippen LogP contribution in [0.5, 0.6) is 0 Å². The first-order valence-electron chi connectivity index (χ1n) is 8.93. The third kappa shape index (κ3) is 5.28. The van der Waals surface area contributed by atoms with Crippen molar-refractivity contribution in [2.24, 2.45) is 0 Å². The molecule has 0 bridgehead atoms. The van der Waals surface area contributed by atoms with Crippen LogP contribution in [0.15, 0.2) is 89.8 Å². The second-order valence-electron chi connectivity index (χ2n) is 6.53. The maximum atomic E-state index is 12.8. The zero-order valence-corrected chi connectivity index (χ0v) is 16.3. The second kappa shape index (κ2) is 8.82. The largest absolute Gasteiger partial charge is 0.325 e. The molecule has 3 aromatic carbocycles. The molecule has 1 atom stereocenters. The minimum absolute atomic E-state index is 0.128. The Kier molecular flexibility index (Phi) is 6.23. The summed E-state index contributed by atoms with van der Waals surface area (Å²) < 4.78 is 28.2. The molecule has 0 saturated heterocycles. The van der Waals surface area contributed by atoms with Crippen LogP contribution in [0, 0.1) is 6.92 Å². The Morgan fingerprint density at radius 2 is 1.43 bits per heavy atom. The Hall–Kier alpha value is -2.96. The number of anilines is 1. The number of hydrogen-bond donors (Lipinski definition) is 2. The van der Waals surface area contributed by atoms with Gasteiger partial charge in [-0.15, -0.1) is 0 Å². The Bertz CT molecular complexity index is 1020. The molecule has 0 aliphatic rings. The van der Waals surface area contributed by atoms with Crippen molar-refractivity contribution in [3.63, 3.8) is 0 Å². The van der Waals surface area contributed by atoms with E-state index in [4.69, 9.17) is 0 Å². The lowest BCUT2D eigenvalue weighted by atomic mass is 10.1. The highest BCUT2D eigenvalue weighted by Crippen LogP contribution is 2.14. The minimum Gasteiger partial charge on any atom is -0.325 e. The topological polar surface area (TPSA) is 75.3 Å². The average molecular weight is 394 g/mol. The maximum Gasteiger partial charge on any atom is 0.242 e. The number of amides is 1. The van der Waals surface area contributed by atoms with Crippen molar-refractivity contribution in [1.29, 1.82) is 0 Å². The summed E-state index contributed by atoms with van der Waals surface area (Å²) in [4.78, 5) is 13.0. The molecule has 0 aliphatic carbocycles. The van der Waals surface area contributed by atoms with Gasteiger partial charge in [-0.3, -0.25) is 4.79 Å². The molecule has 2 N–H and O–H groups in total. The van der Waals surface area contributed by atoms with Gasteiger partial charge in [0.15, 0.2) is 0 Å². The smallest absolute Gasteiger partial charge is 0.242 e. The molecule has 3 aromatic rings. The van der Waals surface area contributed by atoms with Crippen LogP contribution < -0.4 is 10.0 Å². The van der Waals surface area contributed by atoms with Crippen LogP contribution in [0.2, 0.25) is 0 Å². The molecule has 0 heterocycles. The van der Waals surface area contributed by atoms with Gasteiger partial charge < -0.3 is 5.32 Å². The van der Waals surface area contributed by atoms with Crippen molar-refractivity contribution in [2.75, 3.05) is 5.32 Å². The van der Waals surface area contributed by atoms with E-state index >= 15 is 0 Å². The number of carbonyl (C=O) groups excluding carboxylic acids is 1. The van der Waals surface area contributed by atoms with Gasteiger partial charge in [0, 0.05) is 5.69 Å². The van der Waals surface area contributed by atoms with Gasteiger partial charge in [0.1, 0.15) is 6.04 Å². The average Bonchev–Trinajstić information content (AvgIpc) is 2.69. The van der Waals surface area contributed by atoms with Crippen molar-refractivity contribution in [2.45, 2.75) is 24.3 Å². The summed E-state index contributed by atoms with van der Waals surface area (Å²) in [7, 11) is -3.84. The molecule has 1 unspecified atom stereocenters. The van der Waals surface area contributed by atoms with E-state index in [9.17, 15) is 13.2 Å². The summed E-state index contributed by atoms with van der Waals surface area (Å²) in [6.07, 6.45) is 0.241. The van der Waals surface area contributed by atoms with Crippen LogP contribution in [0.1, 0.15) is 11.1 Å². The van der Waals surface area contributed by atoms with Crippen molar-refractivity contribution < 1.29 is 13.2 Å². The van der Waals surface area contributed by atoms with E-state index in [0.29, 0.717) is 5.69 Å². The third-order valence-electron chi connectivity index (χ3n) is 4.27. The summed E-state index contributed by atoms with van der Waals surface area (Å²) in [6, 6.07) is 23.9. The van der Waals surface area contributed by atoms with Gasteiger partial charge in [-0.1, -0.05) is 66.2 Å². The SMILES string of the molecule is Cc1ccc(S(=O)(=O)NC(Cc2ccccc2)C(=O)Nc2ccccc2)cc1. The van der Waals surface area contributed by atoms with Crippen LogP contribution >= 0.6 is 0 Å². The predicted molar refractivity (Wildman–Crippen MR) is 111 cm³/mol. The molecule has 0 aromatic heterocycles. The fraction of sp³-hybridized carbons (Fsp3) is 0.136. The van der Waals surface area contributed by atoms with E-state index in [-0.39, 0.29) is 11.3 Å². The van der Waals surface area contributed by atoms with Gasteiger partial charge in [-0.05, 0) is 43.2 Å². The van der Waals surface area contributed by atoms with Gasteiger partial charge in [0.25, 0.3) is 0 Å². The van der Waals surface area contributed by atoms with Crippen molar-refractivity contribution in [1.82, 2.24) is 4.72 Å². The Morgan fingerprint density at radius 1 is 0.857 bits per heavy atom. The molecular weight excluding hydrogens is 372 g/mol. The quantitative estimate of drug-likeness (QED) is 0.644. The van der Waals surface area contributed by atoms with Gasteiger partial charge in [0.2, 0.25) is 15.9 Å². The number of para-hydroxylation sites is 1. The Labute approximate surface area is 165 Å². The summed E-state index contributed by atoms with van der Waals surface area (Å²) in [5.74, 6) is -0.411. The van der Waals surface area contributed by atoms with Gasteiger partial charge >= 0.3 is 0 Å². The standard InChI is InChI=1S/C22H22N2O3S/c1-17-12-14-20(15-13-17)28(26,27)24-21(16-18-8-4-2-5-9-18)22(25)23-19-10-6-3-7-11-19/h2-15,21,24H,16H2,1H3,(H,23,25). The van der Waals surface area contributed by atoms with Crippen LogP contribution in [-0.2, 0) is 21.2 Å². The lowest BCUT2D eigenvalue weighted by Gasteiger charge is -2.19. The second-order valence-corrected chi connectivity index (χ2v) is 8.25. The van der Waals surface area contributed by atoms with Gasteiger partial charge in [0.05, 0.1) is 4.90 Å². The third-order valence-corrected chi connectivity index (χ3v) is 5.76. The highest BCUT2D eigenvalue weighted by atomic mass is 32.2. The number of hydrogen-bond acceptors (Lipinski definition) is 3. The molecule has 144 valence electrons. The van der Waals surface area contributed by atoms with E-state index in [2.05, 4.69) is 10.0 Å². The van der Waals surface area contributed by atoms with Crippen LogP contribution in [0.4, 0.5) is 5.69 Å². The van der Waals surface area contributed by atoms with E-state index in [0.717, 1.165) is 11.1 Å². The summed E-state index contributed by atoms with van der Waals surface area (Å²) in [5, 5.41) is 2.78. The van der Waals surface area contributed by atoms with Crippen molar-refractivity contribution in [3.8, 4) is 0 Å². The van der Waals surface area contributed by atoms with Crippen molar-refractivity contribution in [3.05, 3.63) is 96.1 Å². The molecular formula is C22H22N2O3S. The van der Waals surface area contributed by atoms with Crippen molar-refractivity contribution >= 4 is 21.6 Å². The zero-order valence-electron chi connectivity index (χ0n) is 15.5. The molecule has 1 amide bonds. The molecule has 28 heavy (non-hydrogen) atoms. The summed E-state index contributed by atoms with van der Waals surface area (Å²) in [5.41, 5.74) is 2.43. The van der Waals surface area contributed by atoms with Gasteiger partial charge in [-0.25, -0.2) is 8.42 Å². The molecule has 0 radical (unpaired) electrons. The normalized spacial score (nSPS) is 12.3. The first-order valence-corrected chi connectivity index (χ1v) is 10.4. The Balaban J connectivity index is 1.84. The van der Waals surface area contributed by atoms with E-state index in [1.807, 2.05) is 43.3 Å². The van der Waals surface area contributed by atoms with E-state index in [1.54, 1.807) is 36.4 Å². The molecule has 5 nitrogen and oxygen atoms in total. The molecule has 6 heteroatoms. The molecule has 0 saturated carbocycles. The van der Waals surface area contributed by atoms with Crippen LogP contribution in [0.3, 0.4) is 0 Å². The molecule has 0 aliphatic heterocycles. The monoisotopic (exact) mass is 394 g/mol. The van der Waals surface area contributed by atoms with Crippen LogP contribution in [0.25, 0.3) is 0 Å². The number of aryl methyl sites for hydroxylation is 1. The number of benzene rings is 3. The number of rotatable bonds is 7. The highest BCUT2D eigenvalue weighted by Gasteiger charge is 2.26. The van der Waals surface area contributed by atoms with Gasteiger partial charge in [-0.2, -0.15) is 4.72 Å². The van der Waals surface area contributed by atoms with Crippen LogP contribution in [-0.4, -0.2) is 20.4 Å². The first kappa shape index (κ1) is 19.8. The van der Waals surface area contributed by atoms with E-state index < -0.39 is 22.0 Å². The van der Waals surface area contributed by atoms with E-state index in [1.165, 1.54) is 12.1 Å². The number of sulfonamides is 1. The number of nitrogens with one attached hydrogen (secondary N) is 2. The zero-order chi connectivity index (χ0) is 20.0. The lowest BCUT2D eigenvalue weighted by Crippen LogP contribution is -2.45. The fourth-order valence-electron chi connectivity index (χ4n) is 2.76. The molecule has 3 rings (SSSR count).